The van der Waals surface area contributed by atoms with Crippen LogP contribution in [0.4, 0.5) is 10.1 Å². The molecule has 2 saturated heterocycles. The standard InChI is InChI=1S/C21H31FN4O3S.2ClH/c1-15-12-24(9-6-23-15)13-20(27)26-14-21(2,3)16-10-17(22)19(11-18(16)26)30(28,29)25-7-4-5-8-25;;/h10-11,15,23H,4-9,12-14H2,1-3H3;2*1H. The molecule has 1 unspecified atom stereocenters. The van der Waals surface area contributed by atoms with Gasteiger partial charge < -0.3 is 10.2 Å². The van der Waals surface area contributed by atoms with E-state index < -0.39 is 21.3 Å². The van der Waals surface area contributed by atoms with Crippen LogP contribution in [0.3, 0.4) is 0 Å². The Labute approximate surface area is 202 Å². The quantitative estimate of drug-likeness (QED) is 0.672. The molecule has 4 rings (SSSR count). The van der Waals surface area contributed by atoms with Crippen molar-refractivity contribution in [2.24, 2.45) is 0 Å². The molecule has 182 valence electrons. The van der Waals surface area contributed by atoms with Gasteiger partial charge in [-0.2, -0.15) is 4.31 Å². The van der Waals surface area contributed by atoms with Crippen LogP contribution in [0.1, 0.15) is 39.2 Å². The van der Waals surface area contributed by atoms with Crippen LogP contribution in [0.5, 0.6) is 0 Å². The molecule has 0 saturated carbocycles. The molecule has 3 aliphatic heterocycles. The molecule has 0 radical (unpaired) electrons. The van der Waals surface area contributed by atoms with Crippen LogP contribution < -0.4 is 10.2 Å². The second kappa shape index (κ2) is 10.1. The Bertz CT molecular complexity index is 955. The highest BCUT2D eigenvalue weighted by atomic mass is 35.5. The predicted octanol–water partition coefficient (Wildman–Crippen LogP) is 2.37. The van der Waals surface area contributed by atoms with Crippen LogP contribution >= 0.6 is 24.8 Å². The summed E-state index contributed by atoms with van der Waals surface area (Å²) in [5.41, 5.74) is 0.758. The summed E-state index contributed by atoms with van der Waals surface area (Å²) >= 11 is 0. The predicted molar refractivity (Wildman–Crippen MR) is 128 cm³/mol. The van der Waals surface area contributed by atoms with Crippen LogP contribution in [0.15, 0.2) is 17.0 Å². The fraction of sp³-hybridized carbons (Fsp3) is 0.667. The highest BCUT2D eigenvalue weighted by Gasteiger charge is 2.41. The molecule has 2 fully saturated rings. The van der Waals surface area contributed by atoms with E-state index in [1.807, 2.05) is 13.8 Å². The number of nitrogens with zero attached hydrogens (tertiary/aromatic N) is 3. The van der Waals surface area contributed by atoms with Crippen LogP contribution in [0, 0.1) is 5.82 Å². The molecule has 0 aliphatic carbocycles. The zero-order chi connectivity index (χ0) is 21.7. The lowest BCUT2D eigenvalue weighted by molar-refractivity contribution is -0.120. The van der Waals surface area contributed by atoms with E-state index in [-0.39, 0.29) is 42.2 Å². The van der Waals surface area contributed by atoms with Crippen molar-refractivity contribution in [2.75, 3.05) is 50.7 Å². The van der Waals surface area contributed by atoms with Gasteiger partial charge in [0.1, 0.15) is 10.7 Å². The van der Waals surface area contributed by atoms with Crippen molar-refractivity contribution in [1.82, 2.24) is 14.5 Å². The average Bonchev–Trinajstić information content (AvgIpc) is 3.29. The van der Waals surface area contributed by atoms with E-state index in [9.17, 15) is 17.6 Å². The Kier molecular flexibility index (Phi) is 8.62. The molecule has 1 aromatic rings. The van der Waals surface area contributed by atoms with E-state index in [0.29, 0.717) is 36.9 Å². The van der Waals surface area contributed by atoms with Gasteiger partial charge in [-0.25, -0.2) is 12.8 Å². The van der Waals surface area contributed by atoms with Gasteiger partial charge in [-0.05, 0) is 37.5 Å². The first-order chi connectivity index (χ1) is 14.1. The number of fused-ring (bicyclic) bond motifs is 1. The van der Waals surface area contributed by atoms with Gasteiger partial charge >= 0.3 is 0 Å². The van der Waals surface area contributed by atoms with Gasteiger partial charge in [-0.3, -0.25) is 9.69 Å². The summed E-state index contributed by atoms with van der Waals surface area (Å²) in [5, 5.41) is 3.36. The van der Waals surface area contributed by atoms with Crippen molar-refractivity contribution in [3.63, 3.8) is 0 Å². The third-order valence-electron chi connectivity index (χ3n) is 6.42. The van der Waals surface area contributed by atoms with E-state index in [1.54, 1.807) is 4.90 Å². The summed E-state index contributed by atoms with van der Waals surface area (Å²) in [7, 11) is -3.91. The fourth-order valence-corrected chi connectivity index (χ4v) is 6.38. The van der Waals surface area contributed by atoms with Crippen molar-refractivity contribution in [3.05, 3.63) is 23.5 Å². The van der Waals surface area contributed by atoms with E-state index in [4.69, 9.17) is 0 Å². The molecule has 0 bridgehead atoms. The Hall–Kier alpha value is -0.970. The summed E-state index contributed by atoms with van der Waals surface area (Å²) in [6.07, 6.45) is 1.57. The highest BCUT2D eigenvalue weighted by molar-refractivity contribution is 7.89. The summed E-state index contributed by atoms with van der Waals surface area (Å²) in [5.74, 6) is -0.814. The number of carbonyl (C=O) groups is 1. The number of nitrogens with one attached hydrogen (secondary N) is 1. The first-order valence-electron chi connectivity index (χ1n) is 10.7. The van der Waals surface area contributed by atoms with Crippen molar-refractivity contribution in [3.8, 4) is 0 Å². The van der Waals surface area contributed by atoms with Gasteiger partial charge in [0.2, 0.25) is 15.9 Å². The number of hydrogen-bond acceptors (Lipinski definition) is 5. The van der Waals surface area contributed by atoms with Crippen LogP contribution in [0.25, 0.3) is 0 Å². The lowest BCUT2D eigenvalue weighted by atomic mass is 9.87. The summed E-state index contributed by atoms with van der Waals surface area (Å²) in [4.78, 5) is 16.6. The fourth-order valence-electron chi connectivity index (χ4n) is 4.79. The Balaban J connectivity index is 0.00000181. The first kappa shape index (κ1) is 27.3. The van der Waals surface area contributed by atoms with Crippen LogP contribution in [0.2, 0.25) is 0 Å². The lowest BCUT2D eigenvalue weighted by Gasteiger charge is -2.32. The Morgan fingerprint density at radius 1 is 1.19 bits per heavy atom. The minimum atomic E-state index is -3.91. The Morgan fingerprint density at radius 3 is 2.47 bits per heavy atom. The van der Waals surface area contributed by atoms with Gasteiger partial charge in [-0.15, -0.1) is 24.8 Å². The average molecular weight is 511 g/mol. The van der Waals surface area contributed by atoms with Crippen LogP contribution in [-0.4, -0.2) is 75.4 Å². The summed E-state index contributed by atoms with van der Waals surface area (Å²) in [6, 6.07) is 3.02. The molecule has 1 N–H and O–H groups in total. The minimum Gasteiger partial charge on any atom is -0.312 e. The Morgan fingerprint density at radius 2 is 1.84 bits per heavy atom. The molecule has 0 aromatic heterocycles. The van der Waals surface area contributed by atoms with E-state index in [2.05, 4.69) is 17.1 Å². The van der Waals surface area contributed by atoms with Crippen LogP contribution in [-0.2, 0) is 20.2 Å². The second-order valence-corrected chi connectivity index (χ2v) is 11.3. The number of halogens is 3. The number of benzene rings is 1. The monoisotopic (exact) mass is 510 g/mol. The number of amides is 1. The molecule has 1 amide bonds. The minimum absolute atomic E-state index is 0. The maximum Gasteiger partial charge on any atom is 0.246 e. The van der Waals surface area contributed by atoms with E-state index in [0.717, 1.165) is 32.5 Å². The second-order valence-electron chi connectivity index (χ2n) is 9.37. The van der Waals surface area contributed by atoms with Gasteiger partial charge in [0.15, 0.2) is 0 Å². The molecule has 11 heteroatoms. The third-order valence-corrected chi connectivity index (χ3v) is 8.33. The molecule has 0 spiro atoms. The van der Waals surface area contributed by atoms with Crippen molar-refractivity contribution in [1.29, 1.82) is 0 Å². The molecular weight excluding hydrogens is 478 g/mol. The van der Waals surface area contributed by atoms with Crippen molar-refractivity contribution >= 4 is 46.4 Å². The summed E-state index contributed by atoms with van der Waals surface area (Å²) < 4.78 is 42.3. The topological polar surface area (TPSA) is 73.0 Å². The number of piperazine rings is 1. The number of rotatable bonds is 4. The van der Waals surface area contributed by atoms with Crippen molar-refractivity contribution < 1.29 is 17.6 Å². The molecule has 1 atom stereocenters. The number of carbonyl (C=O) groups excluding carboxylic acids is 1. The molecule has 7 nitrogen and oxygen atoms in total. The van der Waals surface area contributed by atoms with Gasteiger partial charge in [-0.1, -0.05) is 13.8 Å². The maximum atomic E-state index is 15.0. The van der Waals surface area contributed by atoms with Gasteiger partial charge in [0.25, 0.3) is 0 Å². The summed E-state index contributed by atoms with van der Waals surface area (Å²) in [6.45, 7) is 9.92. The van der Waals surface area contributed by atoms with E-state index in [1.165, 1.54) is 16.4 Å². The SMILES string of the molecule is CC1CN(CC(=O)N2CC(C)(C)c3cc(F)c(S(=O)(=O)N4CCCC4)cc32)CCN1.Cl.Cl. The lowest BCUT2D eigenvalue weighted by Crippen LogP contribution is -2.52. The maximum absolute atomic E-state index is 15.0. The van der Waals surface area contributed by atoms with Gasteiger partial charge in [0.05, 0.1) is 6.54 Å². The van der Waals surface area contributed by atoms with Crippen molar-refractivity contribution in [2.45, 2.75) is 50.0 Å². The smallest absolute Gasteiger partial charge is 0.246 e. The number of anilines is 1. The molecule has 3 aliphatic rings. The number of hydrogen-bond donors (Lipinski definition) is 1. The first-order valence-corrected chi connectivity index (χ1v) is 12.1. The zero-order valence-corrected chi connectivity index (χ0v) is 21.2. The highest BCUT2D eigenvalue weighted by Crippen LogP contribution is 2.43. The molecule has 32 heavy (non-hydrogen) atoms. The normalized spacial score (nSPS) is 23.4. The van der Waals surface area contributed by atoms with Gasteiger partial charge in [0, 0.05) is 56.4 Å². The molecule has 3 heterocycles. The zero-order valence-electron chi connectivity index (χ0n) is 18.8. The largest absolute Gasteiger partial charge is 0.312 e. The third kappa shape index (κ3) is 5.08. The van der Waals surface area contributed by atoms with E-state index >= 15 is 0 Å². The number of sulfonamides is 1. The molecule has 1 aromatic carbocycles. The molecular formula is C21H33Cl2FN4O3S.